The molecule has 0 saturated heterocycles. The summed E-state index contributed by atoms with van der Waals surface area (Å²) in [6, 6.07) is 7.90. The van der Waals surface area contributed by atoms with Crippen LogP contribution < -0.4 is 4.74 Å². The Balaban J connectivity index is 2.05. The van der Waals surface area contributed by atoms with E-state index in [1.165, 1.54) is 0 Å². The van der Waals surface area contributed by atoms with E-state index in [0.717, 1.165) is 24.2 Å². The fourth-order valence-corrected chi connectivity index (χ4v) is 1.44. The summed E-state index contributed by atoms with van der Waals surface area (Å²) in [5, 5.41) is 9.33. The minimum Gasteiger partial charge on any atom is -0.487 e. The van der Waals surface area contributed by atoms with Gasteiger partial charge in [0.25, 0.3) is 0 Å². The third kappa shape index (κ3) is 1.68. The van der Waals surface area contributed by atoms with E-state index in [4.69, 9.17) is 4.74 Å². The standard InChI is InChI=1S/C11H14O2/c1-8-4-2-3-5-10(8)13-11-7-6-9(11)12/h2-5,9,11-12H,6-7H2,1H3/t9-,11-/m0/s1. The molecule has 1 fully saturated rings. The summed E-state index contributed by atoms with van der Waals surface area (Å²) >= 11 is 0. The lowest BCUT2D eigenvalue weighted by atomic mass is 9.92. The molecule has 13 heavy (non-hydrogen) atoms. The van der Waals surface area contributed by atoms with E-state index in [0.29, 0.717) is 0 Å². The van der Waals surface area contributed by atoms with Crippen LogP contribution >= 0.6 is 0 Å². The summed E-state index contributed by atoms with van der Waals surface area (Å²) in [7, 11) is 0. The lowest BCUT2D eigenvalue weighted by molar-refractivity contribution is -0.0364. The highest BCUT2D eigenvalue weighted by Crippen LogP contribution is 2.27. The van der Waals surface area contributed by atoms with Crippen LogP contribution in [0.15, 0.2) is 24.3 Å². The Kier molecular flexibility index (Phi) is 2.23. The monoisotopic (exact) mass is 178 g/mol. The van der Waals surface area contributed by atoms with Gasteiger partial charge in [0.05, 0.1) is 6.10 Å². The number of rotatable bonds is 2. The summed E-state index contributed by atoms with van der Waals surface area (Å²) in [6.45, 7) is 2.01. The molecular weight excluding hydrogens is 164 g/mol. The Morgan fingerprint density at radius 1 is 1.31 bits per heavy atom. The lowest BCUT2D eigenvalue weighted by Gasteiger charge is -2.32. The van der Waals surface area contributed by atoms with Gasteiger partial charge in [-0.3, -0.25) is 0 Å². The number of aliphatic hydroxyl groups excluding tert-OH is 1. The summed E-state index contributed by atoms with van der Waals surface area (Å²) in [6.07, 6.45) is 1.59. The normalized spacial score (nSPS) is 26.6. The molecule has 1 aromatic carbocycles. The van der Waals surface area contributed by atoms with Crippen molar-refractivity contribution in [2.75, 3.05) is 0 Å². The molecule has 0 bridgehead atoms. The second kappa shape index (κ2) is 3.38. The van der Waals surface area contributed by atoms with E-state index in [1.54, 1.807) is 0 Å². The van der Waals surface area contributed by atoms with Gasteiger partial charge in [-0.1, -0.05) is 18.2 Å². The van der Waals surface area contributed by atoms with Gasteiger partial charge in [-0.15, -0.1) is 0 Å². The van der Waals surface area contributed by atoms with E-state index in [1.807, 2.05) is 31.2 Å². The van der Waals surface area contributed by atoms with Crippen molar-refractivity contribution in [1.29, 1.82) is 0 Å². The van der Waals surface area contributed by atoms with Gasteiger partial charge < -0.3 is 9.84 Å². The average molecular weight is 178 g/mol. The Morgan fingerprint density at radius 3 is 2.62 bits per heavy atom. The van der Waals surface area contributed by atoms with E-state index >= 15 is 0 Å². The molecule has 0 amide bonds. The summed E-state index contributed by atoms with van der Waals surface area (Å²) in [4.78, 5) is 0. The largest absolute Gasteiger partial charge is 0.487 e. The molecule has 1 saturated carbocycles. The first-order chi connectivity index (χ1) is 6.27. The third-order valence-corrected chi connectivity index (χ3v) is 2.55. The molecule has 0 aliphatic heterocycles. The van der Waals surface area contributed by atoms with E-state index in [9.17, 15) is 5.11 Å². The Bertz CT molecular complexity index is 296. The van der Waals surface area contributed by atoms with Crippen molar-refractivity contribution in [3.8, 4) is 5.75 Å². The van der Waals surface area contributed by atoms with Crippen molar-refractivity contribution in [3.63, 3.8) is 0 Å². The number of ether oxygens (including phenoxy) is 1. The van der Waals surface area contributed by atoms with Crippen LogP contribution in [0.2, 0.25) is 0 Å². The van der Waals surface area contributed by atoms with E-state index in [2.05, 4.69) is 0 Å². The molecule has 0 spiro atoms. The topological polar surface area (TPSA) is 29.5 Å². The molecule has 70 valence electrons. The quantitative estimate of drug-likeness (QED) is 0.749. The first kappa shape index (κ1) is 8.57. The van der Waals surface area contributed by atoms with Crippen LogP contribution in [-0.4, -0.2) is 17.3 Å². The minimum atomic E-state index is -0.264. The fraction of sp³-hybridized carbons (Fsp3) is 0.455. The molecule has 1 aliphatic rings. The Hall–Kier alpha value is -1.02. The number of para-hydroxylation sites is 1. The van der Waals surface area contributed by atoms with Crippen LogP contribution in [0.3, 0.4) is 0 Å². The van der Waals surface area contributed by atoms with Crippen molar-refractivity contribution >= 4 is 0 Å². The highest BCUT2D eigenvalue weighted by Gasteiger charge is 2.30. The van der Waals surface area contributed by atoms with Crippen LogP contribution in [0, 0.1) is 6.92 Å². The van der Waals surface area contributed by atoms with Crippen molar-refractivity contribution in [2.45, 2.75) is 32.0 Å². The fourth-order valence-electron chi connectivity index (χ4n) is 1.44. The van der Waals surface area contributed by atoms with E-state index < -0.39 is 0 Å². The van der Waals surface area contributed by atoms with Crippen molar-refractivity contribution in [2.24, 2.45) is 0 Å². The van der Waals surface area contributed by atoms with Gasteiger partial charge >= 0.3 is 0 Å². The first-order valence-corrected chi connectivity index (χ1v) is 4.68. The molecule has 1 aliphatic carbocycles. The molecule has 2 nitrogen and oxygen atoms in total. The SMILES string of the molecule is Cc1ccccc1O[C@H]1CC[C@@H]1O. The maximum Gasteiger partial charge on any atom is 0.125 e. The zero-order valence-corrected chi connectivity index (χ0v) is 7.73. The Morgan fingerprint density at radius 2 is 2.08 bits per heavy atom. The number of aliphatic hydroxyl groups is 1. The van der Waals surface area contributed by atoms with Crippen LogP contribution in [0.5, 0.6) is 5.75 Å². The number of benzene rings is 1. The summed E-state index contributed by atoms with van der Waals surface area (Å²) in [5.41, 5.74) is 1.13. The molecular formula is C11H14O2. The van der Waals surface area contributed by atoms with Crippen LogP contribution in [0.1, 0.15) is 18.4 Å². The van der Waals surface area contributed by atoms with Crippen molar-refractivity contribution < 1.29 is 9.84 Å². The van der Waals surface area contributed by atoms with Gasteiger partial charge in [-0.25, -0.2) is 0 Å². The van der Waals surface area contributed by atoms with Gasteiger partial charge in [-0.05, 0) is 31.4 Å². The number of hydrogen-bond donors (Lipinski definition) is 1. The maximum atomic E-state index is 9.33. The molecule has 0 heterocycles. The van der Waals surface area contributed by atoms with Gasteiger partial charge in [-0.2, -0.15) is 0 Å². The van der Waals surface area contributed by atoms with Crippen LogP contribution in [0.25, 0.3) is 0 Å². The molecule has 2 atom stereocenters. The highest BCUT2D eigenvalue weighted by atomic mass is 16.5. The first-order valence-electron chi connectivity index (χ1n) is 4.68. The molecule has 2 rings (SSSR count). The van der Waals surface area contributed by atoms with Gasteiger partial charge in [0, 0.05) is 0 Å². The highest BCUT2D eigenvalue weighted by molar-refractivity contribution is 5.32. The van der Waals surface area contributed by atoms with Crippen LogP contribution in [-0.2, 0) is 0 Å². The molecule has 2 heteroatoms. The van der Waals surface area contributed by atoms with E-state index in [-0.39, 0.29) is 12.2 Å². The number of hydrogen-bond acceptors (Lipinski definition) is 2. The summed E-state index contributed by atoms with van der Waals surface area (Å²) in [5.74, 6) is 0.895. The molecule has 1 aromatic rings. The molecule has 1 N–H and O–H groups in total. The zero-order valence-electron chi connectivity index (χ0n) is 7.73. The summed E-state index contributed by atoms with van der Waals surface area (Å²) < 4.78 is 5.64. The molecule has 0 radical (unpaired) electrons. The van der Waals surface area contributed by atoms with Gasteiger partial charge in [0.2, 0.25) is 0 Å². The van der Waals surface area contributed by atoms with Crippen LogP contribution in [0.4, 0.5) is 0 Å². The predicted molar refractivity (Wildman–Crippen MR) is 50.8 cm³/mol. The van der Waals surface area contributed by atoms with Gasteiger partial charge in [0.1, 0.15) is 11.9 Å². The average Bonchev–Trinajstić information content (AvgIpc) is 2.14. The molecule has 0 unspecified atom stereocenters. The van der Waals surface area contributed by atoms with Gasteiger partial charge in [0.15, 0.2) is 0 Å². The third-order valence-electron chi connectivity index (χ3n) is 2.55. The lowest BCUT2D eigenvalue weighted by Crippen LogP contribution is -2.41. The second-order valence-corrected chi connectivity index (χ2v) is 3.57. The Labute approximate surface area is 78.2 Å². The zero-order chi connectivity index (χ0) is 9.26. The van der Waals surface area contributed by atoms with Crippen molar-refractivity contribution in [1.82, 2.24) is 0 Å². The van der Waals surface area contributed by atoms with Crippen molar-refractivity contribution in [3.05, 3.63) is 29.8 Å². The molecule has 0 aromatic heterocycles. The predicted octanol–water partition coefficient (Wildman–Crippen LogP) is 1.90. The smallest absolute Gasteiger partial charge is 0.125 e. The maximum absolute atomic E-state index is 9.33. The number of aryl methyl sites for hydroxylation is 1. The second-order valence-electron chi connectivity index (χ2n) is 3.57. The minimum absolute atomic E-state index is 0.0149.